The van der Waals surface area contributed by atoms with Gasteiger partial charge in [-0.15, -0.1) is 0 Å². The standard InChI is InChI=1S/C30H33N3O3/c1-19-6-4-7-23(16-19)29-20(2)33(30(34)36-29)18-26-24(11-13-28(31-26)32-14-5-15-32)25-17-22(21-8-9-21)10-12-27(25)35-3/h4,6-7,10-13,16-17,20-21,29H,5,8-9,14-15,18H2,1-3H3. The second-order valence-electron chi connectivity index (χ2n) is 10.3. The molecule has 0 N–H and O–H groups in total. The monoisotopic (exact) mass is 483 g/mol. The number of amides is 1. The minimum Gasteiger partial charge on any atom is -0.496 e. The van der Waals surface area contributed by atoms with Gasteiger partial charge in [0.15, 0.2) is 0 Å². The minimum atomic E-state index is -0.299. The molecule has 2 aromatic carbocycles. The van der Waals surface area contributed by atoms with Crippen molar-refractivity contribution < 1.29 is 14.3 Å². The van der Waals surface area contributed by atoms with Gasteiger partial charge >= 0.3 is 6.09 Å². The molecule has 2 atom stereocenters. The molecule has 3 fully saturated rings. The number of hydrogen-bond acceptors (Lipinski definition) is 5. The summed E-state index contributed by atoms with van der Waals surface area (Å²) in [7, 11) is 1.71. The van der Waals surface area contributed by atoms with Gasteiger partial charge in [-0.1, -0.05) is 35.9 Å². The molecule has 2 unspecified atom stereocenters. The van der Waals surface area contributed by atoms with E-state index in [1.165, 1.54) is 24.8 Å². The molecular formula is C30H33N3O3. The van der Waals surface area contributed by atoms with Gasteiger partial charge < -0.3 is 14.4 Å². The van der Waals surface area contributed by atoms with E-state index in [1.807, 2.05) is 17.0 Å². The molecule has 6 nitrogen and oxygen atoms in total. The fourth-order valence-electron chi connectivity index (χ4n) is 5.35. The summed E-state index contributed by atoms with van der Waals surface area (Å²) < 4.78 is 11.7. The van der Waals surface area contributed by atoms with E-state index in [2.05, 4.69) is 61.2 Å². The lowest BCUT2D eigenvalue weighted by atomic mass is 9.97. The minimum absolute atomic E-state index is 0.110. The highest BCUT2D eigenvalue weighted by Gasteiger charge is 2.40. The Morgan fingerprint density at radius 1 is 1.03 bits per heavy atom. The van der Waals surface area contributed by atoms with E-state index in [1.54, 1.807) is 7.11 Å². The highest BCUT2D eigenvalue weighted by atomic mass is 16.6. The highest BCUT2D eigenvalue weighted by Crippen LogP contribution is 2.44. The van der Waals surface area contributed by atoms with Crippen molar-refractivity contribution in [1.29, 1.82) is 0 Å². The molecule has 3 heterocycles. The average molecular weight is 484 g/mol. The van der Waals surface area contributed by atoms with E-state index in [0.29, 0.717) is 12.5 Å². The molecule has 0 spiro atoms. The Bertz CT molecular complexity index is 1300. The largest absolute Gasteiger partial charge is 0.496 e. The topological polar surface area (TPSA) is 54.9 Å². The molecule has 1 aromatic heterocycles. The third-order valence-corrected chi connectivity index (χ3v) is 7.78. The lowest BCUT2D eigenvalue weighted by Crippen LogP contribution is -2.38. The normalized spacial score (nSPS) is 21.4. The number of aromatic nitrogens is 1. The second kappa shape index (κ2) is 9.16. The summed E-state index contributed by atoms with van der Waals surface area (Å²) in [5, 5.41) is 0. The van der Waals surface area contributed by atoms with Gasteiger partial charge in [-0.25, -0.2) is 9.78 Å². The fourth-order valence-corrected chi connectivity index (χ4v) is 5.35. The molecular weight excluding hydrogens is 450 g/mol. The molecule has 2 saturated heterocycles. The highest BCUT2D eigenvalue weighted by molar-refractivity contribution is 5.76. The summed E-state index contributed by atoms with van der Waals surface area (Å²) in [5.74, 6) is 2.43. The number of rotatable bonds is 7. The lowest BCUT2D eigenvalue weighted by Gasteiger charge is -2.33. The zero-order chi connectivity index (χ0) is 24.8. The Morgan fingerprint density at radius 2 is 1.86 bits per heavy atom. The van der Waals surface area contributed by atoms with Gasteiger partial charge in [0.1, 0.15) is 17.7 Å². The summed E-state index contributed by atoms with van der Waals surface area (Å²) >= 11 is 0. The SMILES string of the molecule is COc1ccc(C2CC2)cc1-c1ccc(N2CCC2)nc1CN1C(=O)OC(c2cccc(C)c2)C1C. The number of nitrogens with zero attached hydrogens (tertiary/aromatic N) is 3. The van der Waals surface area contributed by atoms with Crippen LogP contribution in [0.5, 0.6) is 5.75 Å². The van der Waals surface area contributed by atoms with E-state index in [0.717, 1.165) is 52.6 Å². The molecule has 6 rings (SSSR count). The molecule has 3 aromatic rings. The number of anilines is 1. The van der Waals surface area contributed by atoms with E-state index < -0.39 is 0 Å². The zero-order valence-corrected chi connectivity index (χ0v) is 21.2. The van der Waals surface area contributed by atoms with Crippen molar-refractivity contribution >= 4 is 11.9 Å². The summed E-state index contributed by atoms with van der Waals surface area (Å²) in [5.41, 5.74) is 6.45. The molecule has 0 bridgehead atoms. The number of hydrogen-bond donors (Lipinski definition) is 0. The van der Waals surface area contributed by atoms with Crippen LogP contribution < -0.4 is 9.64 Å². The quantitative estimate of drug-likeness (QED) is 0.398. The molecule has 0 radical (unpaired) electrons. The number of benzene rings is 2. The molecule has 2 aliphatic heterocycles. The molecule has 186 valence electrons. The van der Waals surface area contributed by atoms with Crippen molar-refractivity contribution in [3.8, 4) is 16.9 Å². The van der Waals surface area contributed by atoms with Gasteiger partial charge in [0.2, 0.25) is 0 Å². The van der Waals surface area contributed by atoms with Crippen LogP contribution in [0.1, 0.15) is 60.6 Å². The predicted octanol–water partition coefficient (Wildman–Crippen LogP) is 6.24. The molecule has 1 aliphatic carbocycles. The van der Waals surface area contributed by atoms with Crippen molar-refractivity contribution in [2.24, 2.45) is 0 Å². The number of pyridine rings is 1. The Labute approximate surface area is 212 Å². The Morgan fingerprint density at radius 3 is 2.56 bits per heavy atom. The van der Waals surface area contributed by atoms with E-state index in [9.17, 15) is 4.79 Å². The van der Waals surface area contributed by atoms with Crippen LogP contribution in [-0.4, -0.2) is 42.2 Å². The van der Waals surface area contributed by atoms with Crippen LogP contribution in [0.25, 0.3) is 11.1 Å². The van der Waals surface area contributed by atoms with Crippen molar-refractivity contribution in [1.82, 2.24) is 9.88 Å². The van der Waals surface area contributed by atoms with Gasteiger partial charge in [-0.05, 0) is 74.4 Å². The maximum absolute atomic E-state index is 13.1. The first-order valence-electron chi connectivity index (χ1n) is 13.0. The van der Waals surface area contributed by atoms with Crippen LogP contribution in [0.2, 0.25) is 0 Å². The smallest absolute Gasteiger partial charge is 0.411 e. The van der Waals surface area contributed by atoms with Crippen molar-refractivity contribution in [2.45, 2.75) is 57.7 Å². The number of cyclic esters (lactones) is 1. The fraction of sp³-hybridized carbons (Fsp3) is 0.400. The number of ether oxygens (including phenoxy) is 2. The third-order valence-electron chi connectivity index (χ3n) is 7.78. The van der Waals surface area contributed by atoms with Crippen LogP contribution >= 0.6 is 0 Å². The second-order valence-corrected chi connectivity index (χ2v) is 10.3. The average Bonchev–Trinajstić information content (AvgIpc) is 3.66. The summed E-state index contributed by atoms with van der Waals surface area (Å²) in [6.07, 6.45) is 3.07. The van der Waals surface area contributed by atoms with Crippen LogP contribution in [0.15, 0.2) is 54.6 Å². The number of methoxy groups -OCH3 is 1. The molecule has 36 heavy (non-hydrogen) atoms. The van der Waals surface area contributed by atoms with Crippen molar-refractivity contribution in [3.05, 3.63) is 77.0 Å². The van der Waals surface area contributed by atoms with Crippen molar-refractivity contribution in [2.75, 3.05) is 25.1 Å². The molecule has 1 saturated carbocycles. The first-order chi connectivity index (χ1) is 17.5. The first kappa shape index (κ1) is 22.9. The van der Waals surface area contributed by atoms with E-state index in [4.69, 9.17) is 14.5 Å². The van der Waals surface area contributed by atoms with Gasteiger partial charge in [0.05, 0.1) is 25.4 Å². The lowest BCUT2D eigenvalue weighted by molar-refractivity contribution is 0.130. The Balaban J connectivity index is 1.37. The number of aryl methyl sites for hydroxylation is 1. The van der Waals surface area contributed by atoms with Crippen molar-refractivity contribution in [3.63, 3.8) is 0 Å². The predicted molar refractivity (Wildman–Crippen MR) is 140 cm³/mol. The summed E-state index contributed by atoms with van der Waals surface area (Å²) in [6, 6.07) is 18.8. The molecule has 6 heteroatoms. The van der Waals surface area contributed by atoms with Crippen LogP contribution in [0.4, 0.5) is 10.6 Å². The molecule has 3 aliphatic rings. The van der Waals surface area contributed by atoms with Crippen LogP contribution in [0.3, 0.4) is 0 Å². The van der Waals surface area contributed by atoms with E-state index in [-0.39, 0.29) is 18.2 Å². The first-order valence-corrected chi connectivity index (χ1v) is 13.0. The van der Waals surface area contributed by atoms with Gasteiger partial charge in [-0.2, -0.15) is 0 Å². The Kier molecular flexibility index (Phi) is 5.82. The number of carbonyl (C=O) groups is 1. The van der Waals surface area contributed by atoms with Gasteiger partial charge in [-0.3, -0.25) is 4.90 Å². The summed E-state index contributed by atoms with van der Waals surface area (Å²) in [6.45, 7) is 6.54. The molecule has 1 amide bonds. The maximum Gasteiger partial charge on any atom is 0.411 e. The summed E-state index contributed by atoms with van der Waals surface area (Å²) in [4.78, 5) is 22.3. The van der Waals surface area contributed by atoms with E-state index >= 15 is 0 Å². The van der Waals surface area contributed by atoms with Crippen LogP contribution in [0, 0.1) is 6.92 Å². The number of carbonyl (C=O) groups excluding carboxylic acids is 1. The van der Waals surface area contributed by atoms with Gasteiger partial charge in [0.25, 0.3) is 0 Å². The zero-order valence-electron chi connectivity index (χ0n) is 21.2. The maximum atomic E-state index is 13.1. The third kappa shape index (κ3) is 4.19. The van der Waals surface area contributed by atoms with Gasteiger partial charge in [0, 0.05) is 24.2 Å². The van der Waals surface area contributed by atoms with Crippen LogP contribution in [-0.2, 0) is 11.3 Å². The Hall–Kier alpha value is -3.54.